The predicted octanol–water partition coefficient (Wildman–Crippen LogP) is 0.359. The first-order chi connectivity index (χ1) is 9.32. The lowest BCUT2D eigenvalue weighted by molar-refractivity contribution is -0.132. The lowest BCUT2D eigenvalue weighted by atomic mass is 10.3. The molecule has 0 unspecified atom stereocenters. The van der Waals surface area contributed by atoms with Gasteiger partial charge in [-0.05, 0) is 54.1 Å². The normalized spacial score (nSPS) is 11.5. The summed E-state index contributed by atoms with van der Waals surface area (Å²) in [6.07, 6.45) is 3.78. The summed E-state index contributed by atoms with van der Waals surface area (Å²) in [5.41, 5.74) is 0. The van der Waals surface area contributed by atoms with Gasteiger partial charge in [-0.3, -0.25) is 4.79 Å². The lowest BCUT2D eigenvalue weighted by Crippen LogP contribution is -2.34. The summed E-state index contributed by atoms with van der Waals surface area (Å²) in [4.78, 5) is 28.3. The quantitative estimate of drug-likeness (QED) is 0.587. The highest BCUT2D eigenvalue weighted by molar-refractivity contribution is 5.93. The maximum Gasteiger partial charge on any atom is 0.328 e. The molecule has 0 aromatic rings. The summed E-state index contributed by atoms with van der Waals surface area (Å²) in [6.45, 7) is 3.10. The lowest BCUT2D eigenvalue weighted by Gasteiger charge is -2.23. The van der Waals surface area contributed by atoms with Gasteiger partial charge >= 0.3 is 5.97 Å². The molecule has 20 heavy (non-hydrogen) atoms. The minimum atomic E-state index is -1.10. The van der Waals surface area contributed by atoms with Gasteiger partial charge in [0, 0.05) is 25.2 Å². The van der Waals surface area contributed by atoms with E-state index in [1.165, 1.54) is 0 Å². The number of carboxylic acid groups (broad SMARTS) is 1. The first-order valence-corrected chi connectivity index (χ1v) is 6.82. The Bertz CT molecular complexity index is 314. The molecular formula is C14H27N3O3. The van der Waals surface area contributed by atoms with Crippen molar-refractivity contribution in [3.63, 3.8) is 0 Å². The third-order valence-corrected chi connectivity index (χ3v) is 2.75. The van der Waals surface area contributed by atoms with Crippen LogP contribution in [0.2, 0.25) is 0 Å². The van der Waals surface area contributed by atoms with Crippen molar-refractivity contribution in [2.45, 2.75) is 12.8 Å². The summed E-state index contributed by atoms with van der Waals surface area (Å²) in [5, 5.41) is 8.57. The van der Waals surface area contributed by atoms with Crippen molar-refractivity contribution in [2.75, 3.05) is 54.4 Å². The van der Waals surface area contributed by atoms with Gasteiger partial charge in [0.25, 0.3) is 0 Å². The molecule has 0 heterocycles. The minimum absolute atomic E-state index is 0.232. The second kappa shape index (κ2) is 10.4. The van der Waals surface area contributed by atoms with Crippen molar-refractivity contribution in [1.82, 2.24) is 14.7 Å². The van der Waals surface area contributed by atoms with E-state index in [0.717, 1.165) is 38.1 Å². The van der Waals surface area contributed by atoms with Gasteiger partial charge in [0.15, 0.2) is 0 Å². The van der Waals surface area contributed by atoms with Crippen LogP contribution in [0.25, 0.3) is 0 Å². The standard InChI is InChI=1S/C14H27N3O3/c1-15(2)9-5-11-17(12-6-10-16(3)4)13(18)7-8-14(19)20/h7-8H,5-6,9-12H2,1-4H3,(H,19,20). The minimum Gasteiger partial charge on any atom is -0.478 e. The molecule has 6 nitrogen and oxygen atoms in total. The summed E-state index contributed by atoms with van der Waals surface area (Å²) in [7, 11) is 7.95. The van der Waals surface area contributed by atoms with Gasteiger partial charge in [-0.15, -0.1) is 0 Å². The Labute approximate surface area is 121 Å². The Balaban J connectivity index is 4.36. The molecule has 1 N–H and O–H groups in total. The van der Waals surface area contributed by atoms with E-state index in [1.807, 2.05) is 28.2 Å². The molecular weight excluding hydrogens is 258 g/mol. The zero-order valence-corrected chi connectivity index (χ0v) is 13.0. The van der Waals surface area contributed by atoms with Crippen LogP contribution >= 0.6 is 0 Å². The molecule has 6 heteroatoms. The smallest absolute Gasteiger partial charge is 0.328 e. The van der Waals surface area contributed by atoms with Crippen LogP contribution in [-0.4, -0.2) is 86.1 Å². The number of hydrogen-bond donors (Lipinski definition) is 1. The van der Waals surface area contributed by atoms with E-state index in [2.05, 4.69) is 9.80 Å². The molecule has 0 aromatic carbocycles. The SMILES string of the molecule is CN(C)CCCN(CCCN(C)C)C(=O)C=CC(=O)O. The molecule has 0 bridgehead atoms. The fourth-order valence-corrected chi connectivity index (χ4v) is 1.74. The van der Waals surface area contributed by atoms with Crippen LogP contribution in [0.5, 0.6) is 0 Å². The molecule has 0 saturated carbocycles. The number of nitrogens with zero attached hydrogens (tertiary/aromatic N) is 3. The summed E-state index contributed by atoms with van der Waals surface area (Å²) in [5.74, 6) is -1.33. The Morgan fingerprint density at radius 1 is 0.850 bits per heavy atom. The third-order valence-electron chi connectivity index (χ3n) is 2.75. The number of rotatable bonds is 10. The maximum atomic E-state index is 11.9. The highest BCUT2D eigenvalue weighted by Gasteiger charge is 2.10. The van der Waals surface area contributed by atoms with Gasteiger partial charge in [-0.25, -0.2) is 4.79 Å². The van der Waals surface area contributed by atoms with Gasteiger partial charge in [0.2, 0.25) is 5.91 Å². The van der Waals surface area contributed by atoms with Crippen LogP contribution in [0.15, 0.2) is 12.2 Å². The first-order valence-electron chi connectivity index (χ1n) is 6.82. The third kappa shape index (κ3) is 10.5. The number of carbonyl (C=O) groups is 2. The maximum absolute atomic E-state index is 11.9. The van der Waals surface area contributed by atoms with Gasteiger partial charge in [-0.2, -0.15) is 0 Å². The molecule has 0 aliphatic carbocycles. The van der Waals surface area contributed by atoms with E-state index >= 15 is 0 Å². The predicted molar refractivity (Wildman–Crippen MR) is 79.7 cm³/mol. The molecule has 0 saturated heterocycles. The first kappa shape index (κ1) is 18.6. The highest BCUT2D eigenvalue weighted by Crippen LogP contribution is 1.99. The zero-order chi connectivity index (χ0) is 15.5. The Kier molecular flexibility index (Phi) is 9.67. The second-order valence-electron chi connectivity index (χ2n) is 5.31. The number of amides is 1. The van der Waals surface area contributed by atoms with Crippen LogP contribution < -0.4 is 0 Å². The topological polar surface area (TPSA) is 64.1 Å². The summed E-state index contributed by atoms with van der Waals surface area (Å²) < 4.78 is 0. The molecule has 1 amide bonds. The Hall–Kier alpha value is -1.40. The van der Waals surface area contributed by atoms with Crippen molar-refractivity contribution in [1.29, 1.82) is 0 Å². The zero-order valence-electron chi connectivity index (χ0n) is 13.0. The Morgan fingerprint density at radius 3 is 1.65 bits per heavy atom. The average Bonchev–Trinajstić information content (AvgIpc) is 2.33. The monoisotopic (exact) mass is 285 g/mol. The molecule has 0 rings (SSSR count). The molecule has 0 atom stereocenters. The van der Waals surface area contributed by atoms with E-state index in [1.54, 1.807) is 4.90 Å². The van der Waals surface area contributed by atoms with Gasteiger partial charge in [-0.1, -0.05) is 0 Å². The van der Waals surface area contributed by atoms with E-state index < -0.39 is 5.97 Å². The van der Waals surface area contributed by atoms with Crippen molar-refractivity contribution >= 4 is 11.9 Å². The number of aliphatic carboxylic acids is 1. The van der Waals surface area contributed by atoms with Gasteiger partial charge in [0.05, 0.1) is 0 Å². The van der Waals surface area contributed by atoms with E-state index in [0.29, 0.717) is 13.1 Å². The van der Waals surface area contributed by atoms with Crippen LogP contribution in [0.3, 0.4) is 0 Å². The Morgan fingerprint density at radius 2 is 1.30 bits per heavy atom. The van der Waals surface area contributed by atoms with Crippen LogP contribution in [0, 0.1) is 0 Å². The molecule has 0 aromatic heterocycles. The van der Waals surface area contributed by atoms with Crippen molar-refractivity contribution in [3.8, 4) is 0 Å². The van der Waals surface area contributed by atoms with E-state index in [-0.39, 0.29) is 5.91 Å². The van der Waals surface area contributed by atoms with E-state index in [4.69, 9.17) is 5.11 Å². The largest absolute Gasteiger partial charge is 0.478 e. The molecule has 116 valence electrons. The number of carboxylic acids is 1. The molecule has 0 aliphatic rings. The van der Waals surface area contributed by atoms with Gasteiger partial charge in [0.1, 0.15) is 0 Å². The van der Waals surface area contributed by atoms with Crippen molar-refractivity contribution in [2.24, 2.45) is 0 Å². The van der Waals surface area contributed by atoms with Crippen LogP contribution in [0.1, 0.15) is 12.8 Å². The fraction of sp³-hybridized carbons (Fsp3) is 0.714. The molecule has 0 radical (unpaired) electrons. The van der Waals surface area contributed by atoms with Crippen molar-refractivity contribution < 1.29 is 14.7 Å². The van der Waals surface area contributed by atoms with Gasteiger partial charge < -0.3 is 19.8 Å². The second-order valence-corrected chi connectivity index (χ2v) is 5.31. The fourth-order valence-electron chi connectivity index (χ4n) is 1.74. The molecule has 0 aliphatic heterocycles. The molecule has 0 spiro atoms. The van der Waals surface area contributed by atoms with E-state index in [9.17, 15) is 9.59 Å². The van der Waals surface area contributed by atoms with Crippen LogP contribution in [0.4, 0.5) is 0 Å². The number of hydrogen-bond acceptors (Lipinski definition) is 4. The highest BCUT2D eigenvalue weighted by atomic mass is 16.4. The molecule has 0 fully saturated rings. The van der Waals surface area contributed by atoms with Crippen LogP contribution in [-0.2, 0) is 9.59 Å². The summed E-state index contributed by atoms with van der Waals surface area (Å²) in [6, 6.07) is 0. The number of carbonyl (C=O) groups excluding carboxylic acids is 1. The summed E-state index contributed by atoms with van der Waals surface area (Å²) >= 11 is 0. The van der Waals surface area contributed by atoms with Crippen molar-refractivity contribution in [3.05, 3.63) is 12.2 Å². The average molecular weight is 285 g/mol.